The number of halogens is 1. The molecule has 1 amide bonds. The summed E-state index contributed by atoms with van der Waals surface area (Å²) >= 11 is 7.76. The van der Waals surface area contributed by atoms with Gasteiger partial charge in [0.15, 0.2) is 0 Å². The molecule has 1 aromatic heterocycles. The minimum absolute atomic E-state index is 0.000433. The van der Waals surface area contributed by atoms with Gasteiger partial charge in [0.05, 0.1) is 36.4 Å². The van der Waals surface area contributed by atoms with Gasteiger partial charge in [-0.25, -0.2) is 4.68 Å². The monoisotopic (exact) mass is 378 g/mol. The molecule has 132 valence electrons. The van der Waals surface area contributed by atoms with Gasteiger partial charge < -0.3 is 9.64 Å². The zero-order valence-corrected chi connectivity index (χ0v) is 15.2. The topological polar surface area (TPSA) is 60.3 Å². The van der Waals surface area contributed by atoms with Crippen LogP contribution in [0, 0.1) is 0 Å². The molecule has 1 fully saturated rings. The van der Waals surface area contributed by atoms with E-state index >= 15 is 0 Å². The molecule has 0 saturated carbocycles. The van der Waals surface area contributed by atoms with Crippen LogP contribution in [0.15, 0.2) is 30.5 Å². The molecule has 0 bridgehead atoms. The van der Waals surface area contributed by atoms with Crippen molar-refractivity contribution in [3.63, 3.8) is 0 Å². The van der Waals surface area contributed by atoms with Crippen LogP contribution in [0.1, 0.15) is 23.7 Å². The van der Waals surface area contributed by atoms with Crippen molar-refractivity contribution in [3.05, 3.63) is 46.7 Å². The molecule has 2 aromatic rings. The van der Waals surface area contributed by atoms with Crippen molar-refractivity contribution in [1.82, 2.24) is 19.9 Å². The number of aromatic nitrogens is 3. The normalized spacial score (nSPS) is 22.4. The van der Waals surface area contributed by atoms with Crippen LogP contribution in [-0.4, -0.2) is 50.7 Å². The summed E-state index contributed by atoms with van der Waals surface area (Å²) in [7, 11) is 0. The van der Waals surface area contributed by atoms with E-state index in [-0.39, 0.29) is 18.1 Å². The van der Waals surface area contributed by atoms with Gasteiger partial charge in [-0.05, 0) is 18.1 Å². The van der Waals surface area contributed by atoms with Crippen LogP contribution in [0.2, 0.25) is 5.02 Å². The van der Waals surface area contributed by atoms with E-state index in [1.165, 1.54) is 0 Å². The van der Waals surface area contributed by atoms with Gasteiger partial charge in [0, 0.05) is 23.9 Å². The number of fused-ring (bicyclic) bond motifs is 3. The van der Waals surface area contributed by atoms with Crippen LogP contribution in [0.3, 0.4) is 0 Å². The maximum atomic E-state index is 12.5. The largest absolute Gasteiger partial charge is 0.368 e. The molecule has 6 nitrogen and oxygen atoms in total. The van der Waals surface area contributed by atoms with E-state index in [0.29, 0.717) is 18.9 Å². The Bertz CT molecular complexity index is 769. The summed E-state index contributed by atoms with van der Waals surface area (Å²) in [6.45, 7) is 1.86. The Kier molecular flexibility index (Phi) is 4.96. The third-order valence-electron chi connectivity index (χ3n) is 4.73. The van der Waals surface area contributed by atoms with E-state index in [1.807, 2.05) is 33.8 Å². The Morgan fingerprint density at radius 2 is 2.28 bits per heavy atom. The van der Waals surface area contributed by atoms with Gasteiger partial charge in [0.1, 0.15) is 0 Å². The van der Waals surface area contributed by atoms with Crippen molar-refractivity contribution in [2.75, 3.05) is 18.8 Å². The van der Waals surface area contributed by atoms with E-state index in [1.54, 1.807) is 18.0 Å². The van der Waals surface area contributed by atoms with Crippen molar-refractivity contribution < 1.29 is 9.53 Å². The van der Waals surface area contributed by atoms with Gasteiger partial charge in [0.2, 0.25) is 5.91 Å². The Hall–Kier alpha value is -1.57. The van der Waals surface area contributed by atoms with Crippen LogP contribution in [0.25, 0.3) is 0 Å². The van der Waals surface area contributed by atoms with E-state index in [9.17, 15) is 4.79 Å². The van der Waals surface area contributed by atoms with Crippen molar-refractivity contribution in [3.8, 4) is 0 Å². The van der Waals surface area contributed by atoms with Crippen LogP contribution >= 0.6 is 23.4 Å². The van der Waals surface area contributed by atoms with Crippen LogP contribution < -0.4 is 0 Å². The number of likely N-dealkylation sites (tertiary alicyclic amines) is 1. The number of carbonyl (C=O) groups is 1. The highest BCUT2D eigenvalue weighted by Crippen LogP contribution is 2.30. The Labute approximate surface area is 155 Å². The molecule has 8 heteroatoms. The first-order chi connectivity index (χ1) is 12.2. The van der Waals surface area contributed by atoms with Gasteiger partial charge >= 0.3 is 0 Å². The molecule has 0 aliphatic carbocycles. The quantitative estimate of drug-likeness (QED) is 0.818. The molecule has 2 atom stereocenters. The number of hydrogen-bond donors (Lipinski definition) is 0. The average molecular weight is 379 g/mol. The predicted octanol–water partition coefficient (Wildman–Crippen LogP) is 2.54. The second-order valence-electron chi connectivity index (χ2n) is 6.30. The summed E-state index contributed by atoms with van der Waals surface area (Å²) in [5.41, 5.74) is 2.08. The zero-order chi connectivity index (χ0) is 17.2. The number of rotatable bonds is 4. The molecule has 1 aromatic carbocycles. The Balaban J connectivity index is 1.30. The molecule has 2 aliphatic rings. The molecule has 0 radical (unpaired) electrons. The zero-order valence-electron chi connectivity index (χ0n) is 13.7. The maximum absolute atomic E-state index is 12.5. The number of hydrogen-bond acceptors (Lipinski definition) is 5. The first-order valence-corrected chi connectivity index (χ1v) is 9.85. The second kappa shape index (κ2) is 7.35. The molecule has 0 spiro atoms. The Morgan fingerprint density at radius 1 is 1.40 bits per heavy atom. The standard InChI is InChI=1S/C17H19ClN4O2S/c18-14-4-2-1-3-12(14)10-25-11-17(23)21-6-5-15-16(8-21)24-9-13-7-19-20-22(13)15/h1-4,7,15-16H,5-6,8-11H2/t15-,16-/m0/s1. The van der Waals surface area contributed by atoms with Gasteiger partial charge in [-0.1, -0.05) is 35.0 Å². The number of amides is 1. The number of nitrogens with zero attached hydrogens (tertiary/aromatic N) is 4. The fourth-order valence-electron chi connectivity index (χ4n) is 3.37. The number of ether oxygens (including phenoxy) is 1. The number of benzene rings is 1. The van der Waals surface area contributed by atoms with E-state index in [2.05, 4.69) is 10.3 Å². The minimum atomic E-state index is 0.000433. The maximum Gasteiger partial charge on any atom is 0.232 e. The van der Waals surface area contributed by atoms with Gasteiger partial charge in [-0.3, -0.25) is 4.79 Å². The molecular weight excluding hydrogens is 360 g/mol. The second-order valence-corrected chi connectivity index (χ2v) is 7.69. The van der Waals surface area contributed by atoms with Gasteiger partial charge in [-0.2, -0.15) is 0 Å². The van der Waals surface area contributed by atoms with Gasteiger partial charge in [-0.15, -0.1) is 16.9 Å². The highest BCUT2D eigenvalue weighted by molar-refractivity contribution is 7.99. The fraction of sp³-hybridized carbons (Fsp3) is 0.471. The number of carbonyl (C=O) groups excluding carboxylic acids is 1. The molecule has 0 N–H and O–H groups in total. The minimum Gasteiger partial charge on any atom is -0.368 e. The summed E-state index contributed by atoms with van der Waals surface area (Å²) < 4.78 is 7.88. The lowest BCUT2D eigenvalue weighted by molar-refractivity contribution is -0.136. The number of thioether (sulfide) groups is 1. The first-order valence-electron chi connectivity index (χ1n) is 8.32. The molecule has 3 heterocycles. The van der Waals surface area contributed by atoms with Crippen molar-refractivity contribution in [2.24, 2.45) is 0 Å². The Morgan fingerprint density at radius 3 is 3.16 bits per heavy atom. The van der Waals surface area contributed by atoms with Gasteiger partial charge in [0.25, 0.3) is 0 Å². The lowest BCUT2D eigenvalue weighted by Gasteiger charge is -2.40. The van der Waals surface area contributed by atoms with E-state index in [4.69, 9.17) is 16.3 Å². The lowest BCUT2D eigenvalue weighted by atomic mass is 10.0. The van der Waals surface area contributed by atoms with Crippen molar-refractivity contribution in [1.29, 1.82) is 0 Å². The fourth-order valence-corrected chi connectivity index (χ4v) is 4.58. The summed E-state index contributed by atoms with van der Waals surface area (Å²) in [6, 6.07) is 7.94. The summed E-state index contributed by atoms with van der Waals surface area (Å²) in [5.74, 6) is 1.35. The third kappa shape index (κ3) is 3.54. The molecule has 4 rings (SSSR count). The SMILES string of the molecule is O=C(CSCc1ccccc1Cl)N1CC[C@H]2[C@H](C1)OCc1cnnn12. The van der Waals surface area contributed by atoms with E-state index in [0.717, 1.165) is 35.0 Å². The molecular formula is C17H19ClN4O2S. The van der Waals surface area contributed by atoms with Crippen LogP contribution in [0.4, 0.5) is 0 Å². The molecule has 25 heavy (non-hydrogen) atoms. The smallest absolute Gasteiger partial charge is 0.232 e. The summed E-state index contributed by atoms with van der Waals surface area (Å²) in [5, 5.41) is 8.89. The van der Waals surface area contributed by atoms with E-state index < -0.39 is 0 Å². The van der Waals surface area contributed by atoms with Crippen molar-refractivity contribution in [2.45, 2.75) is 30.9 Å². The molecule has 0 unspecified atom stereocenters. The molecule has 1 saturated heterocycles. The van der Waals surface area contributed by atoms with Crippen LogP contribution in [-0.2, 0) is 21.9 Å². The lowest BCUT2D eigenvalue weighted by Crippen LogP contribution is -2.50. The third-order valence-corrected chi connectivity index (χ3v) is 6.06. The predicted molar refractivity (Wildman–Crippen MR) is 96.4 cm³/mol. The number of piperidine rings is 1. The van der Waals surface area contributed by atoms with Crippen LogP contribution in [0.5, 0.6) is 0 Å². The highest BCUT2D eigenvalue weighted by atomic mass is 35.5. The summed E-state index contributed by atoms with van der Waals surface area (Å²) in [6.07, 6.45) is 2.60. The first kappa shape index (κ1) is 16.9. The molecule has 2 aliphatic heterocycles. The van der Waals surface area contributed by atoms with Crippen molar-refractivity contribution >= 4 is 29.3 Å². The highest BCUT2D eigenvalue weighted by Gasteiger charge is 2.37. The summed E-state index contributed by atoms with van der Waals surface area (Å²) in [4.78, 5) is 14.4. The average Bonchev–Trinajstić information content (AvgIpc) is 3.12.